The average molecular weight is 207 g/mol. The fraction of sp³-hybridized carbons (Fsp3) is 0.636. The molecule has 0 saturated heterocycles. The average Bonchev–Trinajstić information content (AvgIpc) is 2.65. The molecule has 1 saturated carbocycles. The van der Waals surface area contributed by atoms with Crippen LogP contribution in [0.2, 0.25) is 0 Å². The molecule has 1 aliphatic carbocycles. The van der Waals surface area contributed by atoms with E-state index in [0.717, 1.165) is 31.4 Å². The van der Waals surface area contributed by atoms with Crippen LogP contribution >= 0.6 is 0 Å². The molecule has 2 rings (SSSR count). The molecule has 2 unspecified atom stereocenters. The maximum Gasteiger partial charge on any atom is 0.216 e. The highest BCUT2D eigenvalue weighted by Crippen LogP contribution is 2.22. The minimum atomic E-state index is 0.129. The van der Waals surface area contributed by atoms with Crippen molar-refractivity contribution in [3.8, 4) is 5.88 Å². The van der Waals surface area contributed by atoms with Gasteiger partial charge in [-0.05, 0) is 25.7 Å². The first-order valence-electron chi connectivity index (χ1n) is 5.52. The van der Waals surface area contributed by atoms with Crippen LogP contribution in [0.1, 0.15) is 31.9 Å². The predicted molar refractivity (Wildman–Crippen MR) is 57.7 cm³/mol. The largest absolute Gasteiger partial charge is 0.473 e. The molecule has 1 aliphatic rings. The Labute approximate surface area is 89.9 Å². The van der Waals surface area contributed by atoms with Gasteiger partial charge in [0.15, 0.2) is 0 Å². The Morgan fingerprint density at radius 1 is 1.47 bits per heavy atom. The van der Waals surface area contributed by atoms with Crippen molar-refractivity contribution >= 4 is 0 Å². The molecule has 1 fully saturated rings. The molecule has 4 nitrogen and oxygen atoms in total. The molecule has 0 amide bonds. The fourth-order valence-corrected chi connectivity index (χ4v) is 1.89. The Hall–Kier alpha value is -1.16. The van der Waals surface area contributed by atoms with Gasteiger partial charge in [-0.3, -0.25) is 0 Å². The van der Waals surface area contributed by atoms with Crippen molar-refractivity contribution in [1.29, 1.82) is 0 Å². The van der Waals surface area contributed by atoms with Gasteiger partial charge in [0.2, 0.25) is 5.88 Å². The van der Waals surface area contributed by atoms with Crippen LogP contribution in [0.3, 0.4) is 0 Å². The van der Waals surface area contributed by atoms with E-state index in [0.29, 0.717) is 5.88 Å². The second kappa shape index (κ2) is 4.57. The SMILES string of the molecule is CCc1cc(OC2CCCC2N)ncn1. The van der Waals surface area contributed by atoms with Gasteiger partial charge in [-0.15, -0.1) is 0 Å². The molecule has 1 aromatic rings. The van der Waals surface area contributed by atoms with E-state index in [9.17, 15) is 0 Å². The van der Waals surface area contributed by atoms with Crippen molar-refractivity contribution < 1.29 is 4.74 Å². The lowest BCUT2D eigenvalue weighted by molar-refractivity contribution is 0.183. The van der Waals surface area contributed by atoms with Gasteiger partial charge in [0, 0.05) is 17.8 Å². The van der Waals surface area contributed by atoms with Crippen molar-refractivity contribution in [2.24, 2.45) is 5.73 Å². The highest BCUT2D eigenvalue weighted by molar-refractivity contribution is 5.14. The van der Waals surface area contributed by atoms with Crippen molar-refractivity contribution in [2.75, 3.05) is 0 Å². The second-order valence-corrected chi connectivity index (χ2v) is 3.95. The molecule has 15 heavy (non-hydrogen) atoms. The first-order chi connectivity index (χ1) is 7.29. The van der Waals surface area contributed by atoms with Crippen molar-refractivity contribution in [2.45, 2.75) is 44.8 Å². The van der Waals surface area contributed by atoms with E-state index in [1.807, 2.05) is 6.07 Å². The maximum absolute atomic E-state index is 5.93. The summed E-state index contributed by atoms with van der Waals surface area (Å²) >= 11 is 0. The number of hydrogen-bond acceptors (Lipinski definition) is 4. The van der Waals surface area contributed by atoms with E-state index in [-0.39, 0.29) is 12.1 Å². The van der Waals surface area contributed by atoms with Crippen LogP contribution in [-0.2, 0) is 6.42 Å². The van der Waals surface area contributed by atoms with Gasteiger partial charge < -0.3 is 10.5 Å². The van der Waals surface area contributed by atoms with E-state index < -0.39 is 0 Å². The zero-order valence-corrected chi connectivity index (χ0v) is 9.02. The topological polar surface area (TPSA) is 61.0 Å². The zero-order chi connectivity index (χ0) is 10.7. The van der Waals surface area contributed by atoms with Crippen LogP contribution in [0.25, 0.3) is 0 Å². The van der Waals surface area contributed by atoms with Crippen LogP contribution in [0, 0.1) is 0 Å². The number of aromatic nitrogens is 2. The Morgan fingerprint density at radius 2 is 2.33 bits per heavy atom. The highest BCUT2D eigenvalue weighted by Gasteiger charge is 2.25. The summed E-state index contributed by atoms with van der Waals surface area (Å²) in [6.07, 6.45) is 5.81. The third kappa shape index (κ3) is 2.45. The van der Waals surface area contributed by atoms with Gasteiger partial charge >= 0.3 is 0 Å². The summed E-state index contributed by atoms with van der Waals surface area (Å²) in [6.45, 7) is 2.06. The molecule has 4 heteroatoms. The normalized spacial score (nSPS) is 25.5. The molecule has 82 valence electrons. The number of hydrogen-bond donors (Lipinski definition) is 1. The molecule has 0 aromatic carbocycles. The van der Waals surface area contributed by atoms with Gasteiger partial charge in [-0.2, -0.15) is 0 Å². The molecule has 0 bridgehead atoms. The zero-order valence-electron chi connectivity index (χ0n) is 9.02. The third-order valence-corrected chi connectivity index (χ3v) is 2.84. The van der Waals surface area contributed by atoms with E-state index in [1.165, 1.54) is 0 Å². The van der Waals surface area contributed by atoms with Crippen LogP contribution < -0.4 is 10.5 Å². The Bertz CT molecular complexity index is 329. The Morgan fingerprint density at radius 3 is 3.00 bits per heavy atom. The molecule has 1 aromatic heterocycles. The van der Waals surface area contributed by atoms with Crippen molar-refractivity contribution in [3.05, 3.63) is 18.1 Å². The first-order valence-corrected chi connectivity index (χ1v) is 5.52. The van der Waals surface area contributed by atoms with Crippen molar-refractivity contribution in [3.63, 3.8) is 0 Å². The molecule has 0 aliphatic heterocycles. The summed E-state index contributed by atoms with van der Waals surface area (Å²) in [5, 5.41) is 0. The van der Waals surface area contributed by atoms with Crippen LogP contribution in [0.5, 0.6) is 5.88 Å². The number of aryl methyl sites for hydroxylation is 1. The molecular weight excluding hydrogens is 190 g/mol. The fourth-order valence-electron chi connectivity index (χ4n) is 1.89. The number of nitrogens with zero attached hydrogens (tertiary/aromatic N) is 2. The minimum absolute atomic E-state index is 0.129. The minimum Gasteiger partial charge on any atom is -0.473 e. The third-order valence-electron chi connectivity index (χ3n) is 2.84. The smallest absolute Gasteiger partial charge is 0.216 e. The standard InChI is InChI=1S/C11H17N3O/c1-2-8-6-11(14-7-13-8)15-10-5-3-4-9(10)12/h6-7,9-10H,2-5,12H2,1H3. The van der Waals surface area contributed by atoms with Gasteiger partial charge in [0.05, 0.1) is 0 Å². The van der Waals surface area contributed by atoms with Crippen LogP contribution in [0.15, 0.2) is 12.4 Å². The highest BCUT2D eigenvalue weighted by atomic mass is 16.5. The second-order valence-electron chi connectivity index (χ2n) is 3.95. The summed E-state index contributed by atoms with van der Waals surface area (Å²) in [4.78, 5) is 8.23. The predicted octanol–water partition coefficient (Wildman–Crippen LogP) is 1.30. The summed E-state index contributed by atoms with van der Waals surface area (Å²) in [5.41, 5.74) is 6.94. The van der Waals surface area contributed by atoms with Gasteiger partial charge in [0.25, 0.3) is 0 Å². The summed E-state index contributed by atoms with van der Waals surface area (Å²) in [5.74, 6) is 0.657. The summed E-state index contributed by atoms with van der Waals surface area (Å²) in [7, 11) is 0. The lowest BCUT2D eigenvalue weighted by atomic mass is 10.2. The molecule has 0 spiro atoms. The molecular formula is C11H17N3O. The number of ether oxygens (including phenoxy) is 1. The molecule has 1 heterocycles. The monoisotopic (exact) mass is 207 g/mol. The first kappa shape index (κ1) is 10.4. The van der Waals surface area contributed by atoms with Gasteiger partial charge in [0.1, 0.15) is 12.4 Å². The Kier molecular flexibility index (Phi) is 3.16. The lowest BCUT2D eigenvalue weighted by Crippen LogP contribution is -2.33. The van der Waals surface area contributed by atoms with E-state index in [2.05, 4.69) is 16.9 Å². The van der Waals surface area contributed by atoms with Crippen LogP contribution in [0.4, 0.5) is 0 Å². The maximum atomic E-state index is 5.93. The lowest BCUT2D eigenvalue weighted by Gasteiger charge is -2.16. The van der Waals surface area contributed by atoms with Gasteiger partial charge in [-0.25, -0.2) is 9.97 Å². The number of rotatable bonds is 3. The van der Waals surface area contributed by atoms with Gasteiger partial charge in [-0.1, -0.05) is 6.92 Å². The molecule has 2 atom stereocenters. The summed E-state index contributed by atoms with van der Waals surface area (Å²) < 4.78 is 5.75. The molecule has 2 N–H and O–H groups in total. The quantitative estimate of drug-likeness (QED) is 0.811. The summed E-state index contributed by atoms with van der Waals surface area (Å²) in [6, 6.07) is 2.05. The number of nitrogens with two attached hydrogens (primary N) is 1. The van der Waals surface area contributed by atoms with E-state index >= 15 is 0 Å². The molecule has 0 radical (unpaired) electrons. The van der Waals surface area contributed by atoms with Crippen LogP contribution in [-0.4, -0.2) is 22.1 Å². The van der Waals surface area contributed by atoms with E-state index in [1.54, 1.807) is 6.33 Å². The Balaban J connectivity index is 2.03. The van der Waals surface area contributed by atoms with Crippen molar-refractivity contribution in [1.82, 2.24) is 9.97 Å². The van der Waals surface area contributed by atoms with E-state index in [4.69, 9.17) is 10.5 Å².